The molecule has 2 aromatic carbocycles. The lowest BCUT2D eigenvalue weighted by Crippen LogP contribution is -2.08. The minimum Gasteiger partial charge on any atom is -0.493 e. The average molecular weight is 408 g/mol. The van der Waals surface area contributed by atoms with Crippen molar-refractivity contribution in [2.45, 2.75) is 26.8 Å². The molecule has 0 aromatic heterocycles. The topological polar surface area (TPSA) is 67.8 Å². The number of carboxylic acid groups (broad SMARTS) is 1. The fraction of sp³-hybridized carbons (Fsp3) is 0.316. The normalized spacial score (nSPS) is 10.4. The molecule has 0 saturated heterocycles. The largest absolute Gasteiger partial charge is 0.493 e. The molecule has 2 rings (SSSR count). The molecule has 5 nitrogen and oxygen atoms in total. The van der Waals surface area contributed by atoms with Crippen molar-refractivity contribution in [3.63, 3.8) is 0 Å². The molecule has 0 aliphatic heterocycles. The van der Waals surface area contributed by atoms with Gasteiger partial charge in [0.05, 0.1) is 19.3 Å². The third-order valence-corrected chi connectivity index (χ3v) is 4.52. The number of benzene rings is 2. The summed E-state index contributed by atoms with van der Waals surface area (Å²) < 4.78 is 12.2. The maximum absolute atomic E-state index is 11.2. The van der Waals surface area contributed by atoms with Crippen molar-refractivity contribution in [1.29, 1.82) is 0 Å². The summed E-state index contributed by atoms with van der Waals surface area (Å²) in [7, 11) is 1.61. The van der Waals surface area contributed by atoms with E-state index in [9.17, 15) is 4.79 Å². The summed E-state index contributed by atoms with van der Waals surface area (Å²) >= 11 is 3.56. The molecule has 0 heterocycles. The maximum atomic E-state index is 11.2. The molecule has 0 bridgehead atoms. The zero-order chi connectivity index (χ0) is 18.4. The highest BCUT2D eigenvalue weighted by atomic mass is 79.9. The van der Waals surface area contributed by atoms with Crippen molar-refractivity contribution in [1.82, 2.24) is 0 Å². The van der Waals surface area contributed by atoms with Crippen LogP contribution in [0.2, 0.25) is 0 Å². The van der Waals surface area contributed by atoms with Gasteiger partial charge in [-0.3, -0.25) is 0 Å². The van der Waals surface area contributed by atoms with Gasteiger partial charge in [-0.2, -0.15) is 0 Å². The third-order valence-electron chi connectivity index (χ3n) is 3.78. The van der Waals surface area contributed by atoms with E-state index in [1.54, 1.807) is 25.3 Å². The van der Waals surface area contributed by atoms with Gasteiger partial charge in [-0.25, -0.2) is 4.79 Å². The van der Waals surface area contributed by atoms with E-state index in [-0.39, 0.29) is 5.56 Å². The lowest BCUT2D eigenvalue weighted by molar-refractivity contribution is 0.0697. The van der Waals surface area contributed by atoms with Gasteiger partial charge in [-0.05, 0) is 43.2 Å². The van der Waals surface area contributed by atoms with E-state index < -0.39 is 5.97 Å². The molecule has 0 amide bonds. The summed E-state index contributed by atoms with van der Waals surface area (Å²) in [5.74, 6) is 0.417. The standard InChI is InChI=1S/C19H22BrNO4/c1-4-9-25-18-14(15(20)7-8-17(18)24-3)11-21-16-10-13(19(22)23)6-5-12(16)2/h5-8,10,21H,4,9,11H2,1-3H3,(H,22,23). The summed E-state index contributed by atoms with van der Waals surface area (Å²) in [6.07, 6.45) is 0.891. The lowest BCUT2D eigenvalue weighted by atomic mass is 10.1. The summed E-state index contributed by atoms with van der Waals surface area (Å²) in [4.78, 5) is 11.2. The van der Waals surface area contributed by atoms with Crippen LogP contribution in [0.5, 0.6) is 11.5 Å². The second-order valence-corrected chi connectivity index (χ2v) is 6.45. The molecule has 0 atom stereocenters. The van der Waals surface area contributed by atoms with E-state index in [1.807, 2.05) is 26.0 Å². The number of rotatable bonds is 8. The fourth-order valence-electron chi connectivity index (χ4n) is 2.40. The van der Waals surface area contributed by atoms with Gasteiger partial charge >= 0.3 is 5.97 Å². The summed E-state index contributed by atoms with van der Waals surface area (Å²) in [6.45, 7) is 5.04. The molecule has 6 heteroatoms. The van der Waals surface area contributed by atoms with E-state index in [2.05, 4.69) is 21.2 Å². The Morgan fingerprint density at radius 3 is 2.68 bits per heavy atom. The fourth-order valence-corrected chi connectivity index (χ4v) is 2.85. The zero-order valence-corrected chi connectivity index (χ0v) is 16.1. The molecule has 0 fully saturated rings. The van der Waals surface area contributed by atoms with Crippen molar-refractivity contribution in [2.75, 3.05) is 19.0 Å². The number of carbonyl (C=O) groups is 1. The first-order valence-electron chi connectivity index (χ1n) is 8.03. The average Bonchev–Trinajstić information content (AvgIpc) is 2.60. The molecule has 0 unspecified atom stereocenters. The van der Waals surface area contributed by atoms with Gasteiger partial charge in [-0.15, -0.1) is 0 Å². The highest BCUT2D eigenvalue weighted by molar-refractivity contribution is 9.10. The highest BCUT2D eigenvalue weighted by Gasteiger charge is 2.15. The van der Waals surface area contributed by atoms with Gasteiger partial charge in [0.25, 0.3) is 0 Å². The molecule has 0 saturated carbocycles. The van der Waals surface area contributed by atoms with Crippen molar-refractivity contribution in [2.24, 2.45) is 0 Å². The first-order valence-corrected chi connectivity index (χ1v) is 8.83. The maximum Gasteiger partial charge on any atom is 0.335 e. The summed E-state index contributed by atoms with van der Waals surface area (Å²) in [5, 5.41) is 12.5. The van der Waals surface area contributed by atoms with E-state index in [0.717, 1.165) is 27.7 Å². The van der Waals surface area contributed by atoms with Gasteiger partial charge in [-0.1, -0.05) is 28.9 Å². The Kier molecular flexibility index (Phi) is 6.70. The third kappa shape index (κ3) is 4.66. The van der Waals surface area contributed by atoms with Crippen molar-refractivity contribution in [3.8, 4) is 11.5 Å². The number of carboxylic acids is 1. The molecular weight excluding hydrogens is 386 g/mol. The van der Waals surface area contributed by atoms with Gasteiger partial charge in [0.2, 0.25) is 0 Å². The molecule has 0 aliphatic carbocycles. The Morgan fingerprint density at radius 1 is 1.28 bits per heavy atom. The monoisotopic (exact) mass is 407 g/mol. The predicted octanol–water partition coefficient (Wildman–Crippen LogP) is 4.87. The first-order chi connectivity index (χ1) is 12.0. The second kappa shape index (κ2) is 8.76. The number of hydrogen-bond acceptors (Lipinski definition) is 4. The molecule has 2 N–H and O–H groups in total. The minimum absolute atomic E-state index is 0.250. The van der Waals surface area contributed by atoms with Crippen LogP contribution in [0.4, 0.5) is 5.69 Å². The molecule has 0 spiro atoms. The van der Waals surface area contributed by atoms with Crippen LogP contribution < -0.4 is 14.8 Å². The number of nitrogens with one attached hydrogen (secondary N) is 1. The molecule has 134 valence electrons. The zero-order valence-electron chi connectivity index (χ0n) is 14.6. The number of ether oxygens (including phenoxy) is 2. The van der Waals surface area contributed by atoms with E-state index >= 15 is 0 Å². The van der Waals surface area contributed by atoms with Crippen LogP contribution in [0.25, 0.3) is 0 Å². The van der Waals surface area contributed by atoms with Crippen molar-refractivity contribution in [3.05, 3.63) is 51.5 Å². The number of aromatic carboxylic acids is 1. The van der Waals surface area contributed by atoms with Gasteiger partial charge < -0.3 is 19.9 Å². The Labute approximate surface area is 156 Å². The van der Waals surface area contributed by atoms with Gasteiger partial charge in [0.15, 0.2) is 11.5 Å². The van der Waals surface area contributed by atoms with E-state index in [1.165, 1.54) is 0 Å². The van der Waals surface area contributed by atoms with Gasteiger partial charge in [0, 0.05) is 22.3 Å². The highest BCUT2D eigenvalue weighted by Crippen LogP contribution is 2.37. The molecule has 0 radical (unpaired) electrons. The van der Waals surface area contributed by atoms with Crippen LogP contribution in [0, 0.1) is 6.92 Å². The summed E-state index contributed by atoms with van der Waals surface area (Å²) in [5.41, 5.74) is 2.92. The second-order valence-electron chi connectivity index (χ2n) is 5.59. The van der Waals surface area contributed by atoms with Crippen LogP contribution in [0.1, 0.15) is 34.8 Å². The minimum atomic E-state index is -0.947. The molecule has 25 heavy (non-hydrogen) atoms. The van der Waals surface area contributed by atoms with E-state index in [0.29, 0.717) is 24.7 Å². The number of aryl methyl sites for hydroxylation is 1. The van der Waals surface area contributed by atoms with Crippen molar-refractivity contribution < 1.29 is 19.4 Å². The van der Waals surface area contributed by atoms with Crippen LogP contribution >= 0.6 is 15.9 Å². The smallest absolute Gasteiger partial charge is 0.335 e. The SMILES string of the molecule is CCCOc1c(OC)ccc(Br)c1CNc1cc(C(=O)O)ccc1C. The lowest BCUT2D eigenvalue weighted by Gasteiger charge is -2.18. The number of hydrogen-bond donors (Lipinski definition) is 2. The van der Waals surface area contributed by atoms with Crippen LogP contribution in [0.15, 0.2) is 34.8 Å². The Balaban J connectivity index is 2.31. The van der Waals surface area contributed by atoms with Crippen LogP contribution in [-0.4, -0.2) is 24.8 Å². The first kappa shape index (κ1) is 19.1. The number of anilines is 1. The Bertz CT molecular complexity index is 761. The molecule has 2 aromatic rings. The van der Waals surface area contributed by atoms with E-state index in [4.69, 9.17) is 14.6 Å². The number of halogens is 1. The van der Waals surface area contributed by atoms with Crippen LogP contribution in [0.3, 0.4) is 0 Å². The predicted molar refractivity (Wildman–Crippen MR) is 102 cm³/mol. The van der Waals surface area contributed by atoms with Crippen molar-refractivity contribution >= 4 is 27.6 Å². The quantitative estimate of drug-likeness (QED) is 0.653. The molecule has 0 aliphatic rings. The van der Waals surface area contributed by atoms with Gasteiger partial charge in [0.1, 0.15) is 0 Å². The molecular formula is C19H22BrNO4. The van der Waals surface area contributed by atoms with Crippen LogP contribution in [-0.2, 0) is 6.54 Å². The number of methoxy groups -OCH3 is 1. The summed E-state index contributed by atoms with van der Waals surface area (Å²) in [6, 6.07) is 8.80. The Hall–Kier alpha value is -2.21. The Morgan fingerprint density at radius 2 is 2.04 bits per heavy atom.